The number of nitrogens with zero attached hydrogens (tertiary/aromatic N) is 2. The molecule has 1 unspecified atom stereocenters. The molecule has 0 spiro atoms. The van der Waals surface area contributed by atoms with Crippen LogP contribution in [0.25, 0.3) is 22.3 Å². The first-order valence-corrected chi connectivity index (χ1v) is 20.3. The van der Waals surface area contributed by atoms with Crippen LogP contribution in [0.5, 0.6) is 0 Å². The van der Waals surface area contributed by atoms with E-state index in [1.54, 1.807) is 0 Å². The van der Waals surface area contributed by atoms with Gasteiger partial charge < -0.3 is 9.80 Å². The Bertz CT molecular complexity index is 2500. The molecule has 7 aromatic carbocycles. The van der Waals surface area contributed by atoms with Crippen LogP contribution in [0.3, 0.4) is 0 Å². The summed E-state index contributed by atoms with van der Waals surface area (Å²) in [6, 6.07) is 67.6. The van der Waals surface area contributed by atoms with Crippen molar-refractivity contribution in [3.8, 4) is 11.1 Å². The van der Waals surface area contributed by atoms with Gasteiger partial charge in [-0.1, -0.05) is 182 Å². The van der Waals surface area contributed by atoms with Crippen molar-refractivity contribution in [1.29, 1.82) is 0 Å². The second kappa shape index (κ2) is 17.5. The lowest BCUT2D eigenvalue weighted by Crippen LogP contribution is -2.23. The largest absolute Gasteiger partial charge is 0.320 e. The number of benzene rings is 7. The molecule has 0 aliphatic heterocycles. The van der Waals surface area contributed by atoms with Crippen molar-refractivity contribution in [3.63, 3.8) is 0 Å². The predicted molar refractivity (Wildman–Crippen MR) is 248 cm³/mol. The molecule has 8 rings (SSSR count). The molecule has 0 heterocycles. The van der Waals surface area contributed by atoms with Gasteiger partial charge in [-0.05, 0) is 103 Å². The maximum atomic E-state index is 2.40. The predicted octanol–water partition coefficient (Wildman–Crippen LogP) is 15.0. The number of allylic oxidation sites excluding steroid dienone is 4. The van der Waals surface area contributed by atoms with Gasteiger partial charge in [0.05, 0.1) is 0 Å². The van der Waals surface area contributed by atoms with Crippen LogP contribution in [0.2, 0.25) is 0 Å². The van der Waals surface area contributed by atoms with Gasteiger partial charge in [-0.2, -0.15) is 0 Å². The van der Waals surface area contributed by atoms with Crippen LogP contribution in [0.4, 0.5) is 17.1 Å². The lowest BCUT2D eigenvalue weighted by molar-refractivity contribution is 0.646. The Morgan fingerprint density at radius 1 is 0.466 bits per heavy atom. The molecular formula is C56H50N2. The van der Waals surface area contributed by atoms with Crippen molar-refractivity contribution in [2.45, 2.75) is 34.1 Å². The summed E-state index contributed by atoms with van der Waals surface area (Å²) in [6.45, 7) is 8.92. The highest BCUT2D eigenvalue weighted by molar-refractivity contribution is 5.85. The van der Waals surface area contributed by atoms with Gasteiger partial charge in [-0.15, -0.1) is 0 Å². The van der Waals surface area contributed by atoms with Crippen molar-refractivity contribution in [3.05, 3.63) is 257 Å². The van der Waals surface area contributed by atoms with Crippen LogP contribution >= 0.6 is 0 Å². The number of rotatable bonds is 11. The average molecular weight is 751 g/mol. The third-order valence-corrected chi connectivity index (χ3v) is 11.0. The zero-order valence-electron chi connectivity index (χ0n) is 33.9. The average Bonchev–Trinajstić information content (AvgIpc) is 3.27. The minimum absolute atomic E-state index is 0.375. The first kappa shape index (κ1) is 38.0. The maximum absolute atomic E-state index is 2.40. The van der Waals surface area contributed by atoms with Crippen LogP contribution in [0.1, 0.15) is 53.6 Å². The van der Waals surface area contributed by atoms with E-state index in [0.717, 1.165) is 29.1 Å². The highest BCUT2D eigenvalue weighted by atomic mass is 15.1. The number of anilines is 3. The Labute approximate surface area is 345 Å². The number of hydrogen-bond donors (Lipinski definition) is 0. The summed E-state index contributed by atoms with van der Waals surface area (Å²) in [5.41, 5.74) is 18.0. The minimum Gasteiger partial charge on any atom is -0.320 e. The fraction of sp³-hybridized carbons (Fsp3) is 0.107. The number of aryl methyl sites for hydroxylation is 2. The molecule has 58 heavy (non-hydrogen) atoms. The van der Waals surface area contributed by atoms with Gasteiger partial charge in [0.1, 0.15) is 0 Å². The van der Waals surface area contributed by atoms with E-state index in [-0.39, 0.29) is 0 Å². The quantitative estimate of drug-likeness (QED) is 0.130. The molecule has 0 saturated carbocycles. The molecule has 0 saturated heterocycles. The zero-order valence-corrected chi connectivity index (χ0v) is 33.9. The summed E-state index contributed by atoms with van der Waals surface area (Å²) in [7, 11) is 0. The highest BCUT2D eigenvalue weighted by Gasteiger charge is 2.21. The van der Waals surface area contributed by atoms with E-state index in [1.165, 1.54) is 61.4 Å². The molecule has 2 heteroatoms. The Hall–Kier alpha value is -6.90. The van der Waals surface area contributed by atoms with E-state index < -0.39 is 0 Å². The number of hydrogen-bond acceptors (Lipinski definition) is 2. The molecule has 0 aromatic heterocycles. The molecule has 0 fully saturated rings. The fourth-order valence-corrected chi connectivity index (χ4v) is 8.01. The lowest BCUT2D eigenvalue weighted by Gasteiger charge is -2.31. The normalized spacial score (nSPS) is 13.5. The molecular weight excluding hydrogens is 701 g/mol. The Kier molecular flexibility index (Phi) is 11.5. The summed E-state index contributed by atoms with van der Waals surface area (Å²) in [5, 5.41) is 0. The first-order chi connectivity index (χ1) is 28.4. The molecule has 0 amide bonds. The third kappa shape index (κ3) is 8.57. The standard InChI is InChI=1S/C56H50N2/c1-41-25-35-55(43(3)37-41)57(39-53(47-17-9-5-10-18-47)48-19-11-6-12-20-48)51-31-27-45(28-32-51)46-29-33-52(34-30-46)58(56-36-26-42(2)38-44(56)4)40-54(49-21-13-7-14-22-49)50-23-15-8-16-24-50/h5-37,39-40,44H,38H2,1-4H3. The Morgan fingerprint density at radius 3 is 1.29 bits per heavy atom. The van der Waals surface area contributed by atoms with Crippen molar-refractivity contribution in [1.82, 2.24) is 0 Å². The van der Waals surface area contributed by atoms with Crippen LogP contribution in [0, 0.1) is 19.8 Å². The van der Waals surface area contributed by atoms with E-state index in [2.05, 4.69) is 250 Å². The van der Waals surface area contributed by atoms with Crippen molar-refractivity contribution < 1.29 is 0 Å². The van der Waals surface area contributed by atoms with E-state index in [0.29, 0.717) is 5.92 Å². The van der Waals surface area contributed by atoms with Crippen LogP contribution in [0.15, 0.2) is 224 Å². The summed E-state index contributed by atoms with van der Waals surface area (Å²) >= 11 is 0. The summed E-state index contributed by atoms with van der Waals surface area (Å²) in [5.74, 6) is 0.375. The van der Waals surface area contributed by atoms with E-state index >= 15 is 0 Å². The van der Waals surface area contributed by atoms with Gasteiger partial charge in [-0.3, -0.25) is 0 Å². The van der Waals surface area contributed by atoms with E-state index in [9.17, 15) is 0 Å². The van der Waals surface area contributed by atoms with Gasteiger partial charge >= 0.3 is 0 Å². The topological polar surface area (TPSA) is 6.48 Å². The molecule has 0 N–H and O–H groups in total. The van der Waals surface area contributed by atoms with Crippen molar-refractivity contribution in [2.24, 2.45) is 5.92 Å². The maximum Gasteiger partial charge on any atom is 0.0485 e. The smallest absolute Gasteiger partial charge is 0.0485 e. The molecule has 1 atom stereocenters. The van der Waals surface area contributed by atoms with Gasteiger partial charge in [0.25, 0.3) is 0 Å². The van der Waals surface area contributed by atoms with Crippen LogP contribution in [-0.2, 0) is 0 Å². The SMILES string of the molecule is CC1=CC=C(N(C=C(c2ccccc2)c2ccccc2)c2ccc(-c3ccc(N(C=C(c4ccccc4)c4ccccc4)c4ccc(C)cc4C)cc3)cc2)C(C)C1. The summed E-state index contributed by atoms with van der Waals surface area (Å²) in [4.78, 5) is 4.74. The highest BCUT2D eigenvalue weighted by Crippen LogP contribution is 2.38. The first-order valence-electron chi connectivity index (χ1n) is 20.3. The third-order valence-electron chi connectivity index (χ3n) is 11.0. The molecule has 0 bridgehead atoms. The van der Waals surface area contributed by atoms with Crippen LogP contribution in [-0.4, -0.2) is 0 Å². The second-order valence-electron chi connectivity index (χ2n) is 15.4. The van der Waals surface area contributed by atoms with Gasteiger partial charge in [-0.25, -0.2) is 0 Å². The Morgan fingerprint density at radius 2 is 0.879 bits per heavy atom. The van der Waals surface area contributed by atoms with Gasteiger partial charge in [0.2, 0.25) is 0 Å². The fourth-order valence-electron chi connectivity index (χ4n) is 8.01. The zero-order chi connectivity index (χ0) is 39.8. The molecule has 2 nitrogen and oxygen atoms in total. The van der Waals surface area contributed by atoms with Gasteiger partial charge in [0, 0.05) is 52.2 Å². The van der Waals surface area contributed by atoms with Crippen LogP contribution < -0.4 is 9.80 Å². The molecule has 7 aromatic rings. The lowest BCUT2D eigenvalue weighted by atomic mass is 9.91. The van der Waals surface area contributed by atoms with E-state index in [4.69, 9.17) is 0 Å². The minimum atomic E-state index is 0.375. The monoisotopic (exact) mass is 750 g/mol. The molecule has 284 valence electrons. The second-order valence-corrected chi connectivity index (χ2v) is 15.4. The summed E-state index contributed by atoms with van der Waals surface area (Å²) < 4.78 is 0. The van der Waals surface area contributed by atoms with Crippen molar-refractivity contribution in [2.75, 3.05) is 9.80 Å². The van der Waals surface area contributed by atoms with Crippen molar-refractivity contribution >= 4 is 28.2 Å². The Balaban J connectivity index is 1.17. The molecule has 1 aliphatic rings. The van der Waals surface area contributed by atoms with E-state index in [1.807, 2.05) is 0 Å². The molecule has 0 radical (unpaired) electrons. The van der Waals surface area contributed by atoms with Gasteiger partial charge in [0.15, 0.2) is 0 Å². The molecule has 1 aliphatic carbocycles. The summed E-state index contributed by atoms with van der Waals surface area (Å²) in [6.07, 6.45) is 10.2.